The number of aliphatic carboxylic acids is 1. The van der Waals surface area contributed by atoms with E-state index < -0.39 is 5.97 Å². The Labute approximate surface area is 133 Å². The Morgan fingerprint density at radius 1 is 1.36 bits per heavy atom. The summed E-state index contributed by atoms with van der Waals surface area (Å²) in [4.78, 5) is 17.2. The van der Waals surface area contributed by atoms with Crippen LogP contribution in [0.2, 0.25) is 5.02 Å². The van der Waals surface area contributed by atoms with Gasteiger partial charge in [0.25, 0.3) is 0 Å². The lowest BCUT2D eigenvalue weighted by atomic mass is 10.1. The number of hydrogen-bond acceptors (Lipinski definition) is 4. The molecule has 0 bridgehead atoms. The zero-order valence-corrected chi connectivity index (χ0v) is 12.5. The smallest absolute Gasteiger partial charge is 0.308 e. The normalized spacial score (nSPS) is 17.5. The largest absolute Gasteiger partial charge is 0.481 e. The average Bonchev–Trinajstić information content (AvgIpc) is 3.01. The third-order valence-electron chi connectivity index (χ3n) is 3.67. The molecule has 3 rings (SSSR count). The molecular formula is C16H15ClN2O3. The monoisotopic (exact) mass is 318 g/mol. The standard InChI is InChI=1S/C16H15ClN2O3/c17-13-5-4-12(19-8-6-11(10-19)16(20)21)9-14(13)22-15-3-1-2-7-18-15/h1-5,7,9,11H,6,8,10H2,(H,20,21). The summed E-state index contributed by atoms with van der Waals surface area (Å²) in [6, 6.07) is 10.8. The first-order valence-electron chi connectivity index (χ1n) is 6.99. The van der Waals surface area contributed by atoms with Gasteiger partial charge in [-0.3, -0.25) is 4.79 Å². The predicted octanol–water partition coefficient (Wildman–Crippen LogP) is 3.44. The average molecular weight is 319 g/mol. The number of nitrogens with zero attached hydrogens (tertiary/aromatic N) is 2. The summed E-state index contributed by atoms with van der Waals surface area (Å²) in [7, 11) is 0. The van der Waals surface area contributed by atoms with Gasteiger partial charge in [0.15, 0.2) is 0 Å². The van der Waals surface area contributed by atoms with Crippen LogP contribution in [0.1, 0.15) is 6.42 Å². The number of anilines is 1. The third-order valence-corrected chi connectivity index (χ3v) is 3.98. The van der Waals surface area contributed by atoms with Gasteiger partial charge in [0.05, 0.1) is 10.9 Å². The van der Waals surface area contributed by atoms with Crippen molar-refractivity contribution in [1.82, 2.24) is 4.98 Å². The minimum absolute atomic E-state index is 0.323. The topological polar surface area (TPSA) is 62.7 Å². The molecule has 1 atom stereocenters. The summed E-state index contributed by atoms with van der Waals surface area (Å²) in [5.41, 5.74) is 0.902. The first-order valence-corrected chi connectivity index (χ1v) is 7.37. The number of carboxylic acid groups (broad SMARTS) is 1. The quantitative estimate of drug-likeness (QED) is 0.935. The van der Waals surface area contributed by atoms with E-state index in [2.05, 4.69) is 4.98 Å². The van der Waals surface area contributed by atoms with Gasteiger partial charge in [-0.15, -0.1) is 0 Å². The summed E-state index contributed by atoms with van der Waals surface area (Å²) in [6.45, 7) is 1.21. The van der Waals surface area contributed by atoms with E-state index in [9.17, 15) is 4.79 Å². The minimum Gasteiger partial charge on any atom is -0.481 e. The van der Waals surface area contributed by atoms with Crippen molar-refractivity contribution in [2.45, 2.75) is 6.42 Å². The van der Waals surface area contributed by atoms with Crippen molar-refractivity contribution in [3.8, 4) is 11.6 Å². The lowest BCUT2D eigenvalue weighted by molar-refractivity contribution is -0.140. The molecule has 2 aromatic rings. The van der Waals surface area contributed by atoms with E-state index in [-0.39, 0.29) is 5.92 Å². The molecule has 0 amide bonds. The number of rotatable bonds is 4. The summed E-state index contributed by atoms with van der Waals surface area (Å²) >= 11 is 6.17. The maximum Gasteiger partial charge on any atom is 0.308 e. The molecule has 1 aromatic heterocycles. The molecule has 0 saturated carbocycles. The highest BCUT2D eigenvalue weighted by Crippen LogP contribution is 2.34. The fourth-order valence-corrected chi connectivity index (χ4v) is 2.64. The van der Waals surface area contributed by atoms with Crippen molar-refractivity contribution in [1.29, 1.82) is 0 Å². The number of hydrogen-bond donors (Lipinski definition) is 1. The first kappa shape index (κ1) is 14.7. The van der Waals surface area contributed by atoms with E-state index in [1.807, 2.05) is 23.1 Å². The highest BCUT2D eigenvalue weighted by atomic mass is 35.5. The summed E-state index contributed by atoms with van der Waals surface area (Å²) in [6.07, 6.45) is 2.29. The van der Waals surface area contributed by atoms with Gasteiger partial charge in [-0.2, -0.15) is 0 Å². The molecule has 1 saturated heterocycles. The number of carbonyl (C=O) groups is 1. The number of halogens is 1. The third kappa shape index (κ3) is 3.14. The van der Waals surface area contributed by atoms with Gasteiger partial charge >= 0.3 is 5.97 Å². The molecule has 5 nitrogen and oxygen atoms in total. The first-order chi connectivity index (χ1) is 10.6. The summed E-state index contributed by atoms with van der Waals surface area (Å²) in [5.74, 6) is -0.0970. The highest BCUT2D eigenvalue weighted by Gasteiger charge is 2.28. The van der Waals surface area contributed by atoms with Gasteiger partial charge in [-0.1, -0.05) is 17.7 Å². The lowest BCUT2D eigenvalue weighted by Crippen LogP contribution is -2.22. The number of pyridine rings is 1. The molecule has 1 aliphatic rings. The van der Waals surface area contributed by atoms with E-state index >= 15 is 0 Å². The Bertz CT molecular complexity index is 678. The molecule has 0 spiro atoms. The van der Waals surface area contributed by atoms with Crippen molar-refractivity contribution in [3.05, 3.63) is 47.6 Å². The van der Waals surface area contributed by atoms with Crippen LogP contribution in [-0.4, -0.2) is 29.1 Å². The van der Waals surface area contributed by atoms with E-state index in [0.29, 0.717) is 36.2 Å². The molecular weight excluding hydrogens is 304 g/mol. The van der Waals surface area contributed by atoms with E-state index in [0.717, 1.165) is 5.69 Å². The van der Waals surface area contributed by atoms with Crippen LogP contribution in [0.4, 0.5) is 5.69 Å². The van der Waals surface area contributed by atoms with E-state index in [4.69, 9.17) is 21.4 Å². The van der Waals surface area contributed by atoms with Crippen LogP contribution in [0.3, 0.4) is 0 Å². The van der Waals surface area contributed by atoms with Gasteiger partial charge in [0.2, 0.25) is 5.88 Å². The Morgan fingerprint density at radius 3 is 2.91 bits per heavy atom. The summed E-state index contributed by atoms with van der Waals surface area (Å²) in [5, 5.41) is 9.58. The molecule has 6 heteroatoms. The Kier molecular flexibility index (Phi) is 4.15. The number of aromatic nitrogens is 1. The van der Waals surface area contributed by atoms with Crippen LogP contribution in [-0.2, 0) is 4.79 Å². The molecule has 1 N–H and O–H groups in total. The molecule has 0 aliphatic carbocycles. The van der Waals surface area contributed by atoms with Gasteiger partial charge in [-0.05, 0) is 24.6 Å². The second-order valence-corrected chi connectivity index (χ2v) is 5.56. The Balaban J connectivity index is 1.80. The zero-order chi connectivity index (χ0) is 15.5. The Morgan fingerprint density at radius 2 is 2.23 bits per heavy atom. The van der Waals surface area contributed by atoms with Gasteiger partial charge in [-0.25, -0.2) is 4.98 Å². The van der Waals surface area contributed by atoms with E-state index in [1.54, 1.807) is 24.4 Å². The van der Waals surface area contributed by atoms with Gasteiger partial charge in [0, 0.05) is 37.1 Å². The molecule has 1 aliphatic heterocycles. The van der Waals surface area contributed by atoms with Gasteiger partial charge in [0.1, 0.15) is 5.75 Å². The van der Waals surface area contributed by atoms with Crippen LogP contribution in [0.25, 0.3) is 0 Å². The highest BCUT2D eigenvalue weighted by molar-refractivity contribution is 6.32. The second-order valence-electron chi connectivity index (χ2n) is 5.15. The molecule has 2 heterocycles. The number of carboxylic acids is 1. The predicted molar refractivity (Wildman–Crippen MR) is 83.7 cm³/mol. The van der Waals surface area contributed by atoms with Crippen LogP contribution >= 0.6 is 11.6 Å². The lowest BCUT2D eigenvalue weighted by Gasteiger charge is -2.19. The van der Waals surface area contributed by atoms with Gasteiger partial charge < -0.3 is 14.7 Å². The minimum atomic E-state index is -0.749. The molecule has 1 unspecified atom stereocenters. The fraction of sp³-hybridized carbons (Fsp3) is 0.250. The molecule has 1 aromatic carbocycles. The van der Waals surface area contributed by atoms with Crippen molar-refractivity contribution < 1.29 is 14.6 Å². The van der Waals surface area contributed by atoms with Crippen molar-refractivity contribution in [2.24, 2.45) is 5.92 Å². The maximum atomic E-state index is 11.1. The fourth-order valence-electron chi connectivity index (χ4n) is 2.48. The maximum absolute atomic E-state index is 11.1. The van der Waals surface area contributed by atoms with Crippen molar-refractivity contribution >= 4 is 23.3 Å². The number of ether oxygens (including phenoxy) is 1. The SMILES string of the molecule is O=C(O)C1CCN(c2ccc(Cl)c(Oc3ccccn3)c2)C1. The molecule has 0 radical (unpaired) electrons. The molecule has 1 fully saturated rings. The summed E-state index contributed by atoms with van der Waals surface area (Å²) < 4.78 is 5.70. The Hall–Kier alpha value is -2.27. The van der Waals surface area contributed by atoms with E-state index in [1.165, 1.54) is 0 Å². The molecule has 22 heavy (non-hydrogen) atoms. The van der Waals surface area contributed by atoms with Crippen LogP contribution in [0, 0.1) is 5.92 Å². The van der Waals surface area contributed by atoms with Crippen molar-refractivity contribution in [2.75, 3.05) is 18.0 Å². The second kappa shape index (κ2) is 6.23. The molecule has 114 valence electrons. The zero-order valence-electron chi connectivity index (χ0n) is 11.8. The van der Waals surface area contributed by atoms with Crippen LogP contribution in [0.5, 0.6) is 11.6 Å². The van der Waals surface area contributed by atoms with Crippen LogP contribution in [0.15, 0.2) is 42.6 Å². The van der Waals surface area contributed by atoms with Crippen molar-refractivity contribution in [3.63, 3.8) is 0 Å². The van der Waals surface area contributed by atoms with Crippen LogP contribution < -0.4 is 9.64 Å². The number of benzene rings is 1.